The fourth-order valence-corrected chi connectivity index (χ4v) is 8.47. The Labute approximate surface area is 410 Å². The molecule has 0 aliphatic rings. The van der Waals surface area contributed by atoms with Gasteiger partial charge in [0.2, 0.25) is 0 Å². The van der Waals surface area contributed by atoms with Crippen molar-refractivity contribution in [2.45, 2.75) is 316 Å². The van der Waals surface area contributed by atoms with Crippen LogP contribution < -0.4 is 0 Å². The van der Waals surface area contributed by atoms with Crippen molar-refractivity contribution in [3.8, 4) is 0 Å². The van der Waals surface area contributed by atoms with E-state index in [0.29, 0.717) is 19.3 Å². The molecule has 66 heavy (non-hydrogen) atoms. The van der Waals surface area contributed by atoms with Gasteiger partial charge in [0, 0.05) is 19.3 Å². The van der Waals surface area contributed by atoms with Gasteiger partial charge >= 0.3 is 17.9 Å². The smallest absolute Gasteiger partial charge is 0.306 e. The largest absolute Gasteiger partial charge is 0.462 e. The Kier molecular flexibility index (Phi) is 53.2. The van der Waals surface area contributed by atoms with E-state index in [1.165, 1.54) is 186 Å². The molecule has 0 rings (SSSR count). The van der Waals surface area contributed by atoms with Gasteiger partial charge in [0.15, 0.2) is 6.10 Å². The van der Waals surface area contributed by atoms with Gasteiger partial charge in [0.05, 0.1) is 0 Å². The van der Waals surface area contributed by atoms with Gasteiger partial charge in [-0.05, 0) is 77.0 Å². The van der Waals surface area contributed by atoms with Crippen LogP contribution in [0.2, 0.25) is 0 Å². The molecule has 0 aliphatic carbocycles. The molecule has 0 aromatic heterocycles. The molecule has 0 amide bonds. The summed E-state index contributed by atoms with van der Waals surface area (Å²) in [4.78, 5) is 38.1. The normalized spacial score (nSPS) is 12.2. The van der Waals surface area contributed by atoms with Crippen molar-refractivity contribution in [2.75, 3.05) is 13.2 Å². The van der Waals surface area contributed by atoms with E-state index in [1.54, 1.807) is 0 Å². The molecule has 0 radical (unpaired) electrons. The first-order chi connectivity index (χ1) is 32.5. The highest BCUT2D eigenvalue weighted by Gasteiger charge is 2.19. The summed E-state index contributed by atoms with van der Waals surface area (Å²) in [6.45, 7) is 6.64. The van der Waals surface area contributed by atoms with Crippen LogP contribution in [0.5, 0.6) is 0 Å². The summed E-state index contributed by atoms with van der Waals surface area (Å²) < 4.78 is 16.9. The number of unbranched alkanes of at least 4 members (excludes halogenated alkanes) is 36. The number of carbonyl (C=O) groups excluding carboxylic acids is 3. The van der Waals surface area contributed by atoms with Crippen LogP contribution in [-0.2, 0) is 28.6 Å². The zero-order valence-electron chi connectivity index (χ0n) is 44.2. The molecule has 0 N–H and O–H groups in total. The number of ether oxygens (including phenoxy) is 3. The van der Waals surface area contributed by atoms with Crippen molar-refractivity contribution < 1.29 is 28.6 Å². The van der Waals surface area contributed by atoms with E-state index >= 15 is 0 Å². The van der Waals surface area contributed by atoms with Crippen molar-refractivity contribution in [3.05, 3.63) is 36.5 Å². The summed E-state index contributed by atoms with van der Waals surface area (Å²) >= 11 is 0. The van der Waals surface area contributed by atoms with E-state index in [0.717, 1.165) is 83.5 Å². The Hall–Kier alpha value is -2.37. The minimum Gasteiger partial charge on any atom is -0.462 e. The zero-order chi connectivity index (χ0) is 47.9. The fraction of sp³-hybridized carbons (Fsp3) is 0.850. The molecule has 1 unspecified atom stereocenters. The van der Waals surface area contributed by atoms with Crippen molar-refractivity contribution in [1.29, 1.82) is 0 Å². The average molecular weight is 928 g/mol. The van der Waals surface area contributed by atoms with Gasteiger partial charge in [-0.2, -0.15) is 0 Å². The number of hydrogen-bond acceptors (Lipinski definition) is 6. The van der Waals surface area contributed by atoms with Crippen molar-refractivity contribution in [2.24, 2.45) is 0 Å². The third kappa shape index (κ3) is 52.6. The molecule has 0 bridgehead atoms. The van der Waals surface area contributed by atoms with Crippen LogP contribution in [0.4, 0.5) is 0 Å². The predicted molar refractivity (Wildman–Crippen MR) is 284 cm³/mol. The van der Waals surface area contributed by atoms with Crippen LogP contribution in [0.1, 0.15) is 310 Å². The van der Waals surface area contributed by atoms with Gasteiger partial charge in [-0.15, -0.1) is 0 Å². The topological polar surface area (TPSA) is 78.9 Å². The molecule has 0 saturated heterocycles. The van der Waals surface area contributed by atoms with Crippen molar-refractivity contribution >= 4 is 17.9 Å². The lowest BCUT2D eigenvalue weighted by Crippen LogP contribution is -2.30. The number of allylic oxidation sites excluding steroid dienone is 6. The second kappa shape index (κ2) is 55.2. The molecule has 0 saturated carbocycles. The summed E-state index contributed by atoms with van der Waals surface area (Å²) in [5, 5.41) is 0. The Morgan fingerprint density at radius 2 is 0.545 bits per heavy atom. The van der Waals surface area contributed by atoms with Crippen LogP contribution >= 0.6 is 0 Å². The minimum absolute atomic E-state index is 0.0757. The SMILES string of the molecule is CCCCCC/C=C\C/C=C\CCCCCCCC(=O)OC(COC(=O)CCCCCCCCC/C=C\CCCCCCCCC)COC(=O)CCCCCCCCCCCCCCCC. The highest BCUT2D eigenvalue weighted by atomic mass is 16.6. The first-order valence-corrected chi connectivity index (χ1v) is 29.0. The molecule has 0 aliphatic heterocycles. The lowest BCUT2D eigenvalue weighted by atomic mass is 10.0. The Balaban J connectivity index is 4.36. The predicted octanol–water partition coefficient (Wildman–Crippen LogP) is 19.3. The molecule has 0 heterocycles. The second-order valence-electron chi connectivity index (χ2n) is 19.6. The van der Waals surface area contributed by atoms with Gasteiger partial charge in [0.1, 0.15) is 13.2 Å². The van der Waals surface area contributed by atoms with Crippen LogP contribution in [0.25, 0.3) is 0 Å². The van der Waals surface area contributed by atoms with E-state index in [4.69, 9.17) is 14.2 Å². The fourth-order valence-electron chi connectivity index (χ4n) is 8.47. The number of rotatable bonds is 53. The highest BCUT2D eigenvalue weighted by molar-refractivity contribution is 5.71. The quantitative estimate of drug-likeness (QED) is 0.0262. The van der Waals surface area contributed by atoms with Gasteiger partial charge in [-0.1, -0.05) is 250 Å². The lowest BCUT2D eigenvalue weighted by molar-refractivity contribution is -0.167. The maximum Gasteiger partial charge on any atom is 0.306 e. The van der Waals surface area contributed by atoms with Crippen molar-refractivity contribution in [1.82, 2.24) is 0 Å². The van der Waals surface area contributed by atoms with Crippen LogP contribution in [0, 0.1) is 0 Å². The highest BCUT2D eigenvalue weighted by Crippen LogP contribution is 2.16. The van der Waals surface area contributed by atoms with E-state index < -0.39 is 6.10 Å². The molecular weight excluding hydrogens is 817 g/mol. The third-order valence-electron chi connectivity index (χ3n) is 12.9. The Morgan fingerprint density at radius 1 is 0.303 bits per heavy atom. The molecule has 0 aromatic carbocycles. The molecule has 0 spiro atoms. The van der Waals surface area contributed by atoms with Crippen LogP contribution in [0.3, 0.4) is 0 Å². The zero-order valence-corrected chi connectivity index (χ0v) is 44.2. The molecule has 6 nitrogen and oxygen atoms in total. The summed E-state index contributed by atoms with van der Waals surface area (Å²) in [5.41, 5.74) is 0. The van der Waals surface area contributed by atoms with Gasteiger partial charge in [0.25, 0.3) is 0 Å². The van der Waals surface area contributed by atoms with E-state index in [1.807, 2.05) is 0 Å². The average Bonchev–Trinajstić information content (AvgIpc) is 3.31. The summed E-state index contributed by atoms with van der Waals surface area (Å²) in [6.07, 6.45) is 65.6. The Morgan fingerprint density at radius 3 is 0.864 bits per heavy atom. The third-order valence-corrected chi connectivity index (χ3v) is 12.9. The summed E-state index contributed by atoms with van der Waals surface area (Å²) in [5.74, 6) is -0.877. The lowest BCUT2D eigenvalue weighted by Gasteiger charge is -2.18. The summed E-state index contributed by atoms with van der Waals surface area (Å²) in [6, 6.07) is 0. The number of hydrogen-bond donors (Lipinski definition) is 0. The van der Waals surface area contributed by atoms with E-state index in [2.05, 4.69) is 57.2 Å². The molecule has 386 valence electrons. The van der Waals surface area contributed by atoms with Gasteiger partial charge in [-0.3, -0.25) is 14.4 Å². The van der Waals surface area contributed by atoms with Crippen LogP contribution in [0.15, 0.2) is 36.5 Å². The molecule has 6 heteroatoms. The maximum absolute atomic E-state index is 12.8. The van der Waals surface area contributed by atoms with E-state index in [9.17, 15) is 14.4 Å². The summed E-state index contributed by atoms with van der Waals surface area (Å²) in [7, 11) is 0. The molecule has 0 aromatic rings. The maximum atomic E-state index is 12.8. The minimum atomic E-state index is -0.778. The van der Waals surface area contributed by atoms with Gasteiger partial charge < -0.3 is 14.2 Å². The first kappa shape index (κ1) is 63.6. The van der Waals surface area contributed by atoms with Crippen LogP contribution in [-0.4, -0.2) is 37.2 Å². The molecular formula is C60H110O6. The standard InChI is InChI=1S/C60H110O6/c1-4-7-10-13-16-19-22-25-28-30-31-33-35-38-41-44-47-50-53-59(62)65-56-57(55-64-58(61)52-49-46-43-40-37-34-27-24-21-18-15-12-9-6-3)66-60(63)54-51-48-45-42-39-36-32-29-26-23-20-17-14-11-8-5-2/h20,23,28-30,32,57H,4-19,21-22,24-27,31,33-56H2,1-3H3/b23-20-,30-28-,32-29-. The van der Waals surface area contributed by atoms with Gasteiger partial charge in [-0.25, -0.2) is 0 Å². The molecule has 1 atom stereocenters. The number of esters is 3. The monoisotopic (exact) mass is 927 g/mol. The molecule has 0 fully saturated rings. The number of carbonyl (C=O) groups is 3. The Bertz CT molecular complexity index is 1110. The van der Waals surface area contributed by atoms with Crippen molar-refractivity contribution in [3.63, 3.8) is 0 Å². The second-order valence-corrected chi connectivity index (χ2v) is 19.6. The first-order valence-electron chi connectivity index (χ1n) is 29.0. The van der Waals surface area contributed by atoms with E-state index in [-0.39, 0.29) is 31.1 Å².